The molecule has 0 saturated carbocycles. The van der Waals surface area contributed by atoms with Gasteiger partial charge in [0, 0.05) is 56.8 Å². The van der Waals surface area contributed by atoms with E-state index >= 15 is 0 Å². The Kier molecular flexibility index (Phi) is 3.69. The van der Waals surface area contributed by atoms with Gasteiger partial charge in [-0.2, -0.15) is 5.10 Å². The summed E-state index contributed by atoms with van der Waals surface area (Å²) < 4.78 is 1.85. The molecule has 4 rings (SSSR count). The molecule has 124 valence electrons. The molecule has 1 saturated heterocycles. The number of fused-ring (bicyclic) bond motifs is 1. The van der Waals surface area contributed by atoms with Crippen LogP contribution in [0, 0.1) is 12.8 Å². The van der Waals surface area contributed by atoms with E-state index in [4.69, 9.17) is 0 Å². The molecule has 3 aromatic rings. The van der Waals surface area contributed by atoms with Gasteiger partial charge in [0.25, 0.3) is 0 Å². The summed E-state index contributed by atoms with van der Waals surface area (Å²) in [4.78, 5) is 11.4. The lowest BCUT2D eigenvalue weighted by molar-refractivity contribution is 0.352. The van der Waals surface area contributed by atoms with Crippen LogP contribution in [0.5, 0.6) is 0 Å². The zero-order valence-corrected chi connectivity index (χ0v) is 14.3. The van der Waals surface area contributed by atoms with E-state index in [0.29, 0.717) is 5.92 Å². The first-order chi connectivity index (χ1) is 11.6. The Morgan fingerprint density at radius 3 is 2.75 bits per heavy atom. The standard InChI is InChI=1S/C18H22N6/c1-12-4-14(5-15-11-24(3)22-18(12)15)16-8-21-17(9-20-16)23(2)10-13-6-19-7-13/h4-5,8-9,11,13,19H,6-7,10H2,1-3H3. The largest absolute Gasteiger partial charge is 0.358 e. The van der Waals surface area contributed by atoms with Crippen LogP contribution < -0.4 is 10.2 Å². The van der Waals surface area contributed by atoms with Gasteiger partial charge in [-0.3, -0.25) is 9.67 Å². The summed E-state index contributed by atoms with van der Waals surface area (Å²) in [5.41, 5.74) is 4.17. The Balaban J connectivity index is 1.60. The van der Waals surface area contributed by atoms with E-state index < -0.39 is 0 Å². The minimum Gasteiger partial charge on any atom is -0.358 e. The second kappa shape index (κ2) is 5.87. The van der Waals surface area contributed by atoms with Crippen LogP contribution >= 0.6 is 0 Å². The summed E-state index contributed by atoms with van der Waals surface area (Å²) in [6.07, 6.45) is 5.76. The number of aryl methyl sites for hydroxylation is 2. The topological polar surface area (TPSA) is 58.9 Å². The third kappa shape index (κ3) is 2.73. The molecule has 2 aromatic heterocycles. The van der Waals surface area contributed by atoms with Gasteiger partial charge in [0.05, 0.1) is 23.6 Å². The molecule has 0 radical (unpaired) electrons. The summed E-state index contributed by atoms with van der Waals surface area (Å²) in [5, 5.41) is 8.93. The predicted molar refractivity (Wildman–Crippen MR) is 96.1 cm³/mol. The molecule has 1 N–H and O–H groups in total. The highest BCUT2D eigenvalue weighted by atomic mass is 15.2. The molecule has 6 heteroatoms. The normalized spacial score (nSPS) is 14.8. The van der Waals surface area contributed by atoms with E-state index in [1.54, 1.807) is 0 Å². The maximum Gasteiger partial charge on any atom is 0.146 e. The van der Waals surface area contributed by atoms with Crippen molar-refractivity contribution >= 4 is 16.7 Å². The molecule has 3 heterocycles. The van der Waals surface area contributed by atoms with Crippen LogP contribution in [0.3, 0.4) is 0 Å². The van der Waals surface area contributed by atoms with Crippen LogP contribution in [0.4, 0.5) is 5.82 Å². The van der Waals surface area contributed by atoms with Crippen LogP contribution in [0.25, 0.3) is 22.2 Å². The maximum atomic E-state index is 4.63. The zero-order chi connectivity index (χ0) is 16.7. The Labute approximate surface area is 141 Å². The highest BCUT2D eigenvalue weighted by Crippen LogP contribution is 2.25. The molecule has 0 unspecified atom stereocenters. The van der Waals surface area contributed by atoms with Gasteiger partial charge >= 0.3 is 0 Å². The summed E-state index contributed by atoms with van der Waals surface area (Å²) in [6.45, 7) is 5.29. The molecule has 0 atom stereocenters. The van der Waals surface area contributed by atoms with Gasteiger partial charge in [0.1, 0.15) is 5.82 Å². The van der Waals surface area contributed by atoms with Crippen LogP contribution in [-0.2, 0) is 7.05 Å². The molecule has 24 heavy (non-hydrogen) atoms. The minimum atomic E-state index is 0.715. The van der Waals surface area contributed by atoms with Crippen molar-refractivity contribution in [2.45, 2.75) is 6.92 Å². The Bertz CT molecular complexity index is 863. The van der Waals surface area contributed by atoms with Gasteiger partial charge in [-0.05, 0) is 24.6 Å². The second-order valence-corrected chi connectivity index (χ2v) is 6.70. The maximum absolute atomic E-state index is 4.63. The molecule has 0 aliphatic carbocycles. The molecule has 0 bridgehead atoms. The number of aromatic nitrogens is 4. The van der Waals surface area contributed by atoms with Gasteiger partial charge in [-0.25, -0.2) is 4.98 Å². The van der Waals surface area contributed by atoms with Gasteiger partial charge < -0.3 is 10.2 Å². The van der Waals surface area contributed by atoms with Crippen molar-refractivity contribution in [1.82, 2.24) is 25.1 Å². The summed E-state index contributed by atoms with van der Waals surface area (Å²) in [6, 6.07) is 4.26. The molecule has 1 fully saturated rings. The SMILES string of the molecule is Cc1cc(-c2cnc(N(C)CC3CNC3)cn2)cc2cn(C)nc12. The van der Waals surface area contributed by atoms with Crippen LogP contribution in [0.15, 0.2) is 30.7 Å². The summed E-state index contributed by atoms with van der Waals surface area (Å²) in [7, 11) is 4.02. The van der Waals surface area contributed by atoms with Gasteiger partial charge in [0.2, 0.25) is 0 Å². The number of nitrogens with zero attached hydrogens (tertiary/aromatic N) is 5. The number of hydrogen-bond donors (Lipinski definition) is 1. The predicted octanol–water partition coefficient (Wildman–Crippen LogP) is 1.99. The average Bonchev–Trinajstić information content (AvgIpc) is 2.92. The number of nitrogens with one attached hydrogen (secondary N) is 1. The fourth-order valence-corrected chi connectivity index (χ4v) is 3.20. The van der Waals surface area contributed by atoms with E-state index in [2.05, 4.69) is 51.4 Å². The van der Waals surface area contributed by atoms with Crippen molar-refractivity contribution in [3.63, 3.8) is 0 Å². The van der Waals surface area contributed by atoms with Crippen molar-refractivity contribution in [2.24, 2.45) is 13.0 Å². The fourth-order valence-electron chi connectivity index (χ4n) is 3.20. The molecule has 6 nitrogen and oxygen atoms in total. The summed E-state index contributed by atoms with van der Waals surface area (Å²) >= 11 is 0. The number of rotatable bonds is 4. The quantitative estimate of drug-likeness (QED) is 0.796. The van der Waals surface area contributed by atoms with E-state index in [1.165, 1.54) is 0 Å². The lowest BCUT2D eigenvalue weighted by Gasteiger charge is -2.31. The van der Waals surface area contributed by atoms with E-state index in [9.17, 15) is 0 Å². The monoisotopic (exact) mass is 322 g/mol. The summed E-state index contributed by atoms with van der Waals surface area (Å²) in [5.74, 6) is 1.64. The number of benzene rings is 1. The third-order valence-corrected chi connectivity index (χ3v) is 4.64. The molecule has 1 aliphatic heterocycles. The van der Waals surface area contributed by atoms with Crippen molar-refractivity contribution in [3.8, 4) is 11.3 Å². The third-order valence-electron chi connectivity index (χ3n) is 4.64. The van der Waals surface area contributed by atoms with Gasteiger partial charge in [-0.1, -0.05) is 0 Å². The van der Waals surface area contributed by atoms with Gasteiger partial charge in [-0.15, -0.1) is 0 Å². The highest BCUT2D eigenvalue weighted by Gasteiger charge is 2.19. The van der Waals surface area contributed by atoms with E-state index in [1.807, 2.05) is 30.3 Å². The minimum absolute atomic E-state index is 0.715. The molecule has 1 aromatic carbocycles. The first kappa shape index (κ1) is 15.1. The first-order valence-corrected chi connectivity index (χ1v) is 8.28. The molecule has 0 amide bonds. The first-order valence-electron chi connectivity index (χ1n) is 8.28. The molecular weight excluding hydrogens is 300 g/mol. The van der Waals surface area contributed by atoms with E-state index in [-0.39, 0.29) is 0 Å². The van der Waals surface area contributed by atoms with Crippen molar-refractivity contribution in [3.05, 3.63) is 36.3 Å². The highest BCUT2D eigenvalue weighted by molar-refractivity contribution is 5.86. The van der Waals surface area contributed by atoms with Crippen LogP contribution in [0.2, 0.25) is 0 Å². The lowest BCUT2D eigenvalue weighted by atomic mass is 10.0. The lowest BCUT2D eigenvalue weighted by Crippen LogP contribution is -2.47. The Hall–Kier alpha value is -2.47. The molecule has 1 aliphatic rings. The van der Waals surface area contributed by atoms with Crippen molar-refractivity contribution in [1.29, 1.82) is 0 Å². The van der Waals surface area contributed by atoms with Crippen molar-refractivity contribution in [2.75, 3.05) is 31.6 Å². The van der Waals surface area contributed by atoms with Crippen LogP contribution in [0.1, 0.15) is 5.56 Å². The second-order valence-electron chi connectivity index (χ2n) is 6.70. The number of hydrogen-bond acceptors (Lipinski definition) is 5. The van der Waals surface area contributed by atoms with E-state index in [0.717, 1.165) is 53.2 Å². The van der Waals surface area contributed by atoms with Crippen molar-refractivity contribution < 1.29 is 0 Å². The Morgan fingerprint density at radius 2 is 2.08 bits per heavy atom. The smallest absolute Gasteiger partial charge is 0.146 e. The fraction of sp³-hybridized carbons (Fsp3) is 0.389. The number of anilines is 1. The average molecular weight is 322 g/mol. The molecular formula is C18H22N6. The van der Waals surface area contributed by atoms with Crippen LogP contribution in [-0.4, -0.2) is 46.4 Å². The zero-order valence-electron chi connectivity index (χ0n) is 14.3. The Morgan fingerprint density at radius 1 is 1.25 bits per heavy atom. The van der Waals surface area contributed by atoms with Gasteiger partial charge in [0.15, 0.2) is 0 Å². The molecule has 0 spiro atoms.